The van der Waals surface area contributed by atoms with Gasteiger partial charge in [0.05, 0.1) is 16.8 Å². The van der Waals surface area contributed by atoms with Gasteiger partial charge in [0, 0.05) is 11.8 Å². The van der Waals surface area contributed by atoms with Gasteiger partial charge in [-0.3, -0.25) is 0 Å². The maximum absolute atomic E-state index is 11.0. The summed E-state index contributed by atoms with van der Waals surface area (Å²) in [6.07, 6.45) is 3.19. The van der Waals surface area contributed by atoms with E-state index < -0.39 is 5.97 Å². The Morgan fingerprint density at radius 2 is 2.17 bits per heavy atom. The number of benzene rings is 1. The zero-order chi connectivity index (χ0) is 17.7. The molecule has 0 atom stereocenters. The first kappa shape index (κ1) is 17.2. The Morgan fingerprint density at radius 1 is 1.42 bits per heavy atom. The Bertz CT molecular complexity index is 847. The first-order valence-corrected chi connectivity index (χ1v) is 7.30. The average molecular weight is 323 g/mol. The predicted molar refractivity (Wildman–Crippen MR) is 88.8 cm³/mol. The van der Waals surface area contributed by atoms with Crippen molar-refractivity contribution in [1.29, 1.82) is 5.26 Å². The minimum atomic E-state index is -1.07. The van der Waals surface area contributed by atoms with Gasteiger partial charge in [-0.15, -0.1) is 0 Å². The summed E-state index contributed by atoms with van der Waals surface area (Å²) in [5, 5.41) is 18.3. The van der Waals surface area contributed by atoms with Crippen LogP contribution in [0.2, 0.25) is 0 Å². The average Bonchev–Trinajstić information content (AvgIpc) is 2.54. The lowest BCUT2D eigenvalue weighted by atomic mass is 10.1. The van der Waals surface area contributed by atoms with Gasteiger partial charge in [-0.25, -0.2) is 14.8 Å². The molecule has 0 aliphatic heterocycles. The van der Waals surface area contributed by atoms with Crippen molar-refractivity contribution in [3.63, 3.8) is 0 Å². The second-order valence-electron chi connectivity index (χ2n) is 5.41. The standard InChI is InChI=1S/C18H17N3O3/c1-11(2)6-7-24-16-5-4-13(8-14(16)9-19)17-20-10-15(18(22)23)12(3)21-17/h4-6,8,10H,7H2,1-3H3,(H,22,23). The zero-order valence-electron chi connectivity index (χ0n) is 13.7. The molecule has 122 valence electrons. The van der Waals surface area contributed by atoms with Crippen LogP contribution in [0.15, 0.2) is 36.0 Å². The number of aryl methyl sites for hydroxylation is 1. The van der Waals surface area contributed by atoms with E-state index in [0.29, 0.717) is 35.0 Å². The van der Waals surface area contributed by atoms with E-state index in [4.69, 9.17) is 9.84 Å². The summed E-state index contributed by atoms with van der Waals surface area (Å²) in [7, 11) is 0. The maximum atomic E-state index is 11.0. The first-order valence-electron chi connectivity index (χ1n) is 7.30. The Labute approximate surface area is 140 Å². The molecule has 2 aromatic rings. The number of carbonyl (C=O) groups is 1. The third-order valence-corrected chi connectivity index (χ3v) is 3.30. The number of aromatic nitrogens is 2. The number of carboxylic acids is 1. The molecule has 0 radical (unpaired) electrons. The van der Waals surface area contributed by atoms with Crippen molar-refractivity contribution in [2.45, 2.75) is 20.8 Å². The van der Waals surface area contributed by atoms with Crippen molar-refractivity contribution in [3.8, 4) is 23.2 Å². The van der Waals surface area contributed by atoms with Crippen molar-refractivity contribution >= 4 is 5.97 Å². The summed E-state index contributed by atoms with van der Waals surface area (Å²) in [5.41, 5.74) is 2.56. The van der Waals surface area contributed by atoms with Crippen LogP contribution in [-0.4, -0.2) is 27.7 Å². The smallest absolute Gasteiger partial charge is 0.339 e. The van der Waals surface area contributed by atoms with Gasteiger partial charge in [0.1, 0.15) is 18.4 Å². The molecule has 0 fully saturated rings. The van der Waals surface area contributed by atoms with E-state index >= 15 is 0 Å². The van der Waals surface area contributed by atoms with Gasteiger partial charge in [0.15, 0.2) is 5.82 Å². The summed E-state index contributed by atoms with van der Waals surface area (Å²) in [4.78, 5) is 19.3. The molecular formula is C18H17N3O3. The van der Waals surface area contributed by atoms with Crippen LogP contribution in [0.1, 0.15) is 35.5 Å². The highest BCUT2D eigenvalue weighted by molar-refractivity contribution is 5.88. The van der Waals surface area contributed by atoms with E-state index in [1.165, 1.54) is 6.20 Å². The van der Waals surface area contributed by atoms with Crippen LogP contribution in [0.5, 0.6) is 5.75 Å². The molecule has 0 unspecified atom stereocenters. The first-order chi connectivity index (χ1) is 11.4. The molecule has 1 heterocycles. The van der Waals surface area contributed by atoms with Crippen molar-refractivity contribution in [2.75, 3.05) is 6.61 Å². The van der Waals surface area contributed by atoms with Gasteiger partial charge in [-0.1, -0.05) is 5.57 Å². The minimum absolute atomic E-state index is 0.0564. The summed E-state index contributed by atoms with van der Waals surface area (Å²) in [5.74, 6) is -0.220. The van der Waals surface area contributed by atoms with Crippen molar-refractivity contribution in [3.05, 3.63) is 52.9 Å². The van der Waals surface area contributed by atoms with E-state index in [-0.39, 0.29) is 5.56 Å². The summed E-state index contributed by atoms with van der Waals surface area (Å²) in [6, 6.07) is 7.16. The molecule has 0 aliphatic rings. The maximum Gasteiger partial charge on any atom is 0.339 e. The molecule has 6 heteroatoms. The topological polar surface area (TPSA) is 96.1 Å². The van der Waals surface area contributed by atoms with Gasteiger partial charge < -0.3 is 9.84 Å². The zero-order valence-corrected chi connectivity index (χ0v) is 13.7. The van der Waals surface area contributed by atoms with Crippen LogP contribution < -0.4 is 4.74 Å². The number of allylic oxidation sites excluding steroid dienone is 1. The largest absolute Gasteiger partial charge is 0.488 e. The third kappa shape index (κ3) is 3.96. The SMILES string of the molecule is CC(C)=CCOc1ccc(-c2ncc(C(=O)O)c(C)n2)cc1C#N. The van der Waals surface area contributed by atoms with Crippen LogP contribution in [0.25, 0.3) is 11.4 Å². The third-order valence-electron chi connectivity index (χ3n) is 3.30. The predicted octanol–water partition coefficient (Wildman–Crippen LogP) is 3.37. The van der Waals surface area contributed by atoms with Crippen LogP contribution in [0, 0.1) is 18.3 Å². The molecule has 0 saturated heterocycles. The molecule has 1 aromatic heterocycles. The van der Waals surface area contributed by atoms with Crippen LogP contribution in [0.3, 0.4) is 0 Å². The molecule has 0 bridgehead atoms. The van der Waals surface area contributed by atoms with Gasteiger partial charge in [-0.2, -0.15) is 5.26 Å². The molecule has 0 saturated carbocycles. The second-order valence-corrected chi connectivity index (χ2v) is 5.41. The van der Waals surface area contributed by atoms with Crippen molar-refractivity contribution < 1.29 is 14.6 Å². The quantitative estimate of drug-likeness (QED) is 0.847. The van der Waals surface area contributed by atoms with E-state index in [2.05, 4.69) is 16.0 Å². The van der Waals surface area contributed by atoms with Crippen LogP contribution >= 0.6 is 0 Å². The van der Waals surface area contributed by atoms with E-state index in [0.717, 1.165) is 5.57 Å². The Kier molecular flexibility index (Phi) is 5.27. The number of ether oxygens (including phenoxy) is 1. The number of aromatic carboxylic acids is 1. The molecule has 0 amide bonds. The van der Waals surface area contributed by atoms with Crippen molar-refractivity contribution in [1.82, 2.24) is 9.97 Å². The lowest BCUT2D eigenvalue weighted by molar-refractivity contribution is 0.0695. The Morgan fingerprint density at radius 3 is 2.75 bits per heavy atom. The molecular weight excluding hydrogens is 306 g/mol. The number of hydrogen-bond donors (Lipinski definition) is 1. The molecule has 0 aliphatic carbocycles. The summed E-state index contributed by atoms with van der Waals surface area (Å²) < 4.78 is 5.59. The number of rotatable bonds is 5. The van der Waals surface area contributed by atoms with E-state index in [9.17, 15) is 10.1 Å². The number of nitriles is 1. The lowest BCUT2D eigenvalue weighted by Gasteiger charge is -2.08. The Hall–Kier alpha value is -3.20. The highest BCUT2D eigenvalue weighted by atomic mass is 16.5. The fourth-order valence-corrected chi connectivity index (χ4v) is 2.00. The lowest BCUT2D eigenvalue weighted by Crippen LogP contribution is -2.04. The number of hydrogen-bond acceptors (Lipinski definition) is 5. The van der Waals surface area contributed by atoms with E-state index in [1.54, 1.807) is 25.1 Å². The fourth-order valence-electron chi connectivity index (χ4n) is 2.00. The summed E-state index contributed by atoms with van der Waals surface area (Å²) >= 11 is 0. The highest BCUT2D eigenvalue weighted by Crippen LogP contribution is 2.25. The highest BCUT2D eigenvalue weighted by Gasteiger charge is 2.12. The minimum Gasteiger partial charge on any atom is -0.488 e. The van der Waals surface area contributed by atoms with Gasteiger partial charge in [0.2, 0.25) is 0 Å². The normalized spacial score (nSPS) is 9.92. The van der Waals surface area contributed by atoms with Crippen LogP contribution in [0.4, 0.5) is 0 Å². The van der Waals surface area contributed by atoms with Gasteiger partial charge in [-0.05, 0) is 45.0 Å². The number of nitrogens with zero attached hydrogens (tertiary/aromatic N) is 3. The monoisotopic (exact) mass is 323 g/mol. The molecule has 24 heavy (non-hydrogen) atoms. The second kappa shape index (κ2) is 7.38. The van der Waals surface area contributed by atoms with Crippen LogP contribution in [-0.2, 0) is 0 Å². The molecule has 6 nitrogen and oxygen atoms in total. The Balaban J connectivity index is 2.33. The van der Waals surface area contributed by atoms with Gasteiger partial charge in [0.25, 0.3) is 0 Å². The van der Waals surface area contributed by atoms with Gasteiger partial charge >= 0.3 is 5.97 Å². The molecule has 2 rings (SSSR count). The molecule has 0 spiro atoms. The van der Waals surface area contributed by atoms with E-state index in [1.807, 2.05) is 19.9 Å². The van der Waals surface area contributed by atoms with Crippen molar-refractivity contribution in [2.24, 2.45) is 0 Å². The molecule has 1 N–H and O–H groups in total. The molecule has 1 aromatic carbocycles. The number of carboxylic acid groups (broad SMARTS) is 1. The fraction of sp³-hybridized carbons (Fsp3) is 0.222. The summed E-state index contributed by atoms with van der Waals surface area (Å²) in [6.45, 7) is 5.94.